The van der Waals surface area contributed by atoms with Crippen LogP contribution in [0.5, 0.6) is 0 Å². The summed E-state index contributed by atoms with van der Waals surface area (Å²) in [6, 6.07) is -1.17. The van der Waals surface area contributed by atoms with Crippen molar-refractivity contribution in [3.05, 3.63) is 46.3 Å². The fourth-order valence-corrected chi connectivity index (χ4v) is 9.83. The summed E-state index contributed by atoms with van der Waals surface area (Å²) in [5, 5.41) is 44.8. The number of Topliss-reactive ketones (excluding diaryl/α,β-unsaturated/α-hetero) is 2. The van der Waals surface area contributed by atoms with Crippen LogP contribution in [0.25, 0.3) is 0 Å². The Morgan fingerprint density at radius 1 is 0.968 bits per heavy atom. The summed E-state index contributed by atoms with van der Waals surface area (Å²) in [6.07, 6.45) is 8.92. The van der Waals surface area contributed by atoms with Gasteiger partial charge in [0, 0.05) is 64.5 Å². The number of piperidine rings is 1. The molecule has 0 unspecified atom stereocenters. The van der Waals surface area contributed by atoms with Crippen molar-refractivity contribution in [3.63, 3.8) is 0 Å². The van der Waals surface area contributed by atoms with E-state index in [4.69, 9.17) is 29.1 Å². The maximum absolute atomic E-state index is 14.4. The summed E-state index contributed by atoms with van der Waals surface area (Å²) in [5.74, 6) is -8.09. The van der Waals surface area contributed by atoms with Crippen molar-refractivity contribution >= 4 is 45.6 Å². The van der Waals surface area contributed by atoms with Crippen molar-refractivity contribution in [3.8, 4) is 0 Å². The first-order valence-corrected chi connectivity index (χ1v) is 23.2. The average Bonchev–Trinajstić information content (AvgIpc) is 3.26. The molecule has 1 amide bonds. The maximum atomic E-state index is 14.4. The van der Waals surface area contributed by atoms with Crippen LogP contribution in [0, 0.1) is 35.0 Å². The number of rotatable bonds is 10. The first kappa shape index (κ1) is 52.5. The van der Waals surface area contributed by atoms with Gasteiger partial charge in [-0.3, -0.25) is 14.4 Å². The van der Waals surface area contributed by atoms with E-state index in [1.807, 2.05) is 32.1 Å². The minimum absolute atomic E-state index is 0.0345. The fraction of sp³-hybridized carbons (Fsp3) is 0.723. The molecule has 2 bridgehead atoms. The molecule has 4 rings (SSSR count). The molecule has 1 aliphatic carbocycles. The number of carbonyl (C=O) groups is 4. The van der Waals surface area contributed by atoms with Crippen LogP contribution in [-0.2, 0) is 42.9 Å². The zero-order valence-electron chi connectivity index (χ0n) is 38.3. The molecule has 0 aromatic rings. The topological polar surface area (TPSA) is 214 Å². The second-order valence-corrected chi connectivity index (χ2v) is 19.1. The largest absolute Gasteiger partial charge is 0.456 e. The molecule has 0 radical (unpaired) electrons. The number of nitrogens with zero attached hydrogens (tertiary/aromatic N) is 1. The van der Waals surface area contributed by atoms with Gasteiger partial charge < -0.3 is 54.6 Å². The van der Waals surface area contributed by atoms with Crippen molar-refractivity contribution in [1.82, 2.24) is 10.2 Å². The number of methoxy groups -OCH3 is 3. The van der Waals surface area contributed by atoms with Gasteiger partial charge >= 0.3 is 5.97 Å². The number of halogens is 1. The van der Waals surface area contributed by atoms with Gasteiger partial charge in [0.15, 0.2) is 0 Å². The third-order valence-electron chi connectivity index (χ3n) is 13.4. The number of amides is 1. The van der Waals surface area contributed by atoms with Gasteiger partial charge in [0.1, 0.15) is 24.0 Å². The molecular formula is C47H72BrN3O12. The number of ketones is 2. The van der Waals surface area contributed by atoms with Crippen LogP contribution >= 0.6 is 15.9 Å². The van der Waals surface area contributed by atoms with E-state index < -0.39 is 83.9 Å². The van der Waals surface area contributed by atoms with E-state index in [0.717, 1.165) is 11.8 Å². The van der Waals surface area contributed by atoms with E-state index in [2.05, 4.69) is 21.2 Å². The number of hydrogen-bond acceptors (Lipinski definition) is 14. The Morgan fingerprint density at radius 3 is 2.32 bits per heavy atom. The van der Waals surface area contributed by atoms with Crippen LogP contribution in [0.2, 0.25) is 0 Å². The molecule has 3 heterocycles. The van der Waals surface area contributed by atoms with Crippen molar-refractivity contribution in [2.24, 2.45) is 29.6 Å². The van der Waals surface area contributed by atoms with Gasteiger partial charge in [-0.05, 0) is 118 Å². The highest BCUT2D eigenvalue weighted by atomic mass is 79.9. The molecule has 15 nitrogen and oxygen atoms in total. The zero-order valence-corrected chi connectivity index (χ0v) is 39.9. The molecule has 3 fully saturated rings. The monoisotopic (exact) mass is 949 g/mol. The SMILES string of the molecule is CO[C@H]1C[C@@H](C)C/C(C)=C/[C@@H](C/C=C/N/C=C(/Br)C=N)C(=O)C[C@H](O)[C@@H](C)[C@@H](/C(C)=C/[C@@H]2CC[C@@H](O)[C@H](OC)C2)OC(=O)[C@@H]2CCCCN2C(=O)C(=O)[C@]2(O)O[C@H]1[C@@H](OC)C[C@H]2C. The van der Waals surface area contributed by atoms with Crippen LogP contribution in [-0.4, -0.2) is 132 Å². The molecule has 354 valence electrons. The highest BCUT2D eigenvalue weighted by Gasteiger charge is 2.56. The number of carbonyl (C=O) groups excluding carboxylic acids is 4. The summed E-state index contributed by atoms with van der Waals surface area (Å²) in [6.45, 7) is 9.19. The van der Waals surface area contributed by atoms with Crippen molar-refractivity contribution in [1.29, 1.82) is 5.41 Å². The van der Waals surface area contributed by atoms with Crippen LogP contribution in [0.1, 0.15) is 105 Å². The van der Waals surface area contributed by atoms with E-state index in [1.165, 1.54) is 19.1 Å². The van der Waals surface area contributed by atoms with E-state index in [1.54, 1.807) is 40.3 Å². The summed E-state index contributed by atoms with van der Waals surface area (Å²) < 4.78 is 30.4. The number of hydrogen-bond donors (Lipinski definition) is 5. The molecule has 5 N–H and O–H groups in total. The quantitative estimate of drug-likeness (QED) is 0.0800. The van der Waals surface area contributed by atoms with Crippen molar-refractivity contribution in [2.75, 3.05) is 27.9 Å². The molecule has 4 aliphatic rings. The predicted octanol–water partition coefficient (Wildman–Crippen LogP) is 5.44. The first-order chi connectivity index (χ1) is 29.9. The van der Waals surface area contributed by atoms with Gasteiger partial charge in [-0.25, -0.2) is 4.79 Å². The Hall–Kier alpha value is -3.09. The van der Waals surface area contributed by atoms with Crippen LogP contribution in [0.4, 0.5) is 0 Å². The first-order valence-electron chi connectivity index (χ1n) is 22.4. The Morgan fingerprint density at radius 2 is 1.65 bits per heavy atom. The lowest BCUT2D eigenvalue weighted by atomic mass is 9.81. The standard InChI is InChI=1S/C47H72BrN3O12/c1-27-18-28(2)20-40(60-7)43-41(61-8)22-30(4)47(58,63-43)44(55)45(56)51-17-10-9-13-35(51)46(57)62-42(29(3)21-32-14-15-36(52)39(23-32)59-6)31(5)37(53)24-38(54)33(19-27)12-11-16-50-26-34(48)25-49/h11,16,19,21,25-26,28,30-33,35-37,39-43,49-50,52-53,58H,9-10,12-15,17-18,20,22-24H2,1-8H3/b16-11+,27-19+,29-21+,34-26+,49-25?/t28-,30+,31+,32-,33+,35-,36+,37-,39+,40-,41-,42+,43+,47+/m0/s1. The molecule has 1 saturated carbocycles. The third kappa shape index (κ3) is 13.7. The van der Waals surface area contributed by atoms with Crippen LogP contribution in [0.3, 0.4) is 0 Å². The highest BCUT2D eigenvalue weighted by molar-refractivity contribution is 9.12. The normalized spacial score (nSPS) is 38.6. The van der Waals surface area contributed by atoms with Gasteiger partial charge in [-0.1, -0.05) is 44.6 Å². The number of esters is 1. The van der Waals surface area contributed by atoms with Crippen LogP contribution in [0.15, 0.2) is 46.3 Å². The maximum Gasteiger partial charge on any atom is 0.329 e. The van der Waals surface area contributed by atoms with E-state index in [0.29, 0.717) is 61.4 Å². The summed E-state index contributed by atoms with van der Waals surface area (Å²) in [4.78, 5) is 58.5. The van der Waals surface area contributed by atoms with Crippen molar-refractivity contribution < 1.29 is 58.2 Å². The fourth-order valence-electron chi connectivity index (χ4n) is 9.70. The average molecular weight is 951 g/mol. The number of cyclic esters (lactones) is 1. The van der Waals surface area contributed by atoms with E-state index >= 15 is 0 Å². The second-order valence-electron chi connectivity index (χ2n) is 18.2. The number of nitrogens with one attached hydrogen (secondary N) is 2. The van der Waals surface area contributed by atoms with Gasteiger partial charge in [-0.15, -0.1) is 0 Å². The molecular weight excluding hydrogens is 878 g/mol. The number of ether oxygens (including phenoxy) is 5. The number of aliphatic hydroxyl groups is 3. The van der Waals surface area contributed by atoms with E-state index in [-0.39, 0.29) is 49.5 Å². The summed E-state index contributed by atoms with van der Waals surface area (Å²) >= 11 is 3.26. The molecule has 0 aromatic heterocycles. The predicted molar refractivity (Wildman–Crippen MR) is 240 cm³/mol. The molecule has 0 spiro atoms. The molecule has 63 heavy (non-hydrogen) atoms. The molecule has 2 saturated heterocycles. The Balaban J connectivity index is 1.79. The van der Waals surface area contributed by atoms with Gasteiger partial charge in [0.05, 0.1) is 35.0 Å². The smallest absolute Gasteiger partial charge is 0.329 e. The number of fused-ring (bicyclic) bond motifs is 3. The molecule has 16 heteroatoms. The lowest BCUT2D eigenvalue weighted by molar-refractivity contribution is -0.302. The Labute approximate surface area is 381 Å². The van der Waals surface area contributed by atoms with Gasteiger partial charge in [-0.2, -0.15) is 0 Å². The summed E-state index contributed by atoms with van der Waals surface area (Å²) in [7, 11) is 4.59. The van der Waals surface area contributed by atoms with E-state index in [9.17, 15) is 34.5 Å². The molecule has 3 aliphatic heterocycles. The van der Waals surface area contributed by atoms with Gasteiger partial charge in [0.25, 0.3) is 11.7 Å². The van der Waals surface area contributed by atoms with Gasteiger partial charge in [0.2, 0.25) is 5.79 Å². The highest BCUT2D eigenvalue weighted by Crippen LogP contribution is 2.39. The Kier molecular flexibility index (Phi) is 20.4. The zero-order chi connectivity index (χ0) is 46.6. The van der Waals surface area contributed by atoms with Crippen LogP contribution < -0.4 is 5.32 Å². The number of allylic oxidation sites excluding steroid dienone is 5. The lowest BCUT2D eigenvalue weighted by Crippen LogP contribution is -2.64. The molecule has 0 aromatic carbocycles. The number of aliphatic hydroxyl groups excluding tert-OH is 2. The summed E-state index contributed by atoms with van der Waals surface area (Å²) in [5.41, 5.74) is 1.55. The minimum atomic E-state index is -2.54. The Bertz CT molecular complexity index is 1720. The lowest BCUT2D eigenvalue weighted by Gasteiger charge is -2.47. The van der Waals surface area contributed by atoms with Crippen molar-refractivity contribution in [2.45, 2.75) is 160 Å². The molecule has 14 atom stereocenters. The minimum Gasteiger partial charge on any atom is -0.456 e. The second kappa shape index (κ2) is 24.4. The third-order valence-corrected chi connectivity index (χ3v) is 13.9.